The fourth-order valence-electron chi connectivity index (χ4n) is 1.74. The average Bonchev–Trinajstić information content (AvgIpc) is 2.66. The molecule has 4 nitrogen and oxygen atoms in total. The minimum atomic E-state index is -1.36. The molecule has 0 bridgehead atoms. The van der Waals surface area contributed by atoms with Gasteiger partial charge in [0.15, 0.2) is 6.10 Å². The maximum Gasteiger partial charge on any atom is 0.332 e. The molecule has 1 atom stereocenters. The summed E-state index contributed by atoms with van der Waals surface area (Å²) in [4.78, 5) is 10.5. The van der Waals surface area contributed by atoms with E-state index in [-0.39, 0.29) is 6.42 Å². The molecule has 4 heteroatoms. The second-order valence-corrected chi connectivity index (χ2v) is 3.56. The normalized spacial score (nSPS) is 15.5. The van der Waals surface area contributed by atoms with E-state index >= 15 is 0 Å². The van der Waals surface area contributed by atoms with Gasteiger partial charge in [0.1, 0.15) is 5.75 Å². The second-order valence-electron chi connectivity index (χ2n) is 3.56. The molecule has 2 N–H and O–H groups in total. The monoisotopic (exact) mass is 208 g/mol. The van der Waals surface area contributed by atoms with Crippen molar-refractivity contribution in [2.75, 3.05) is 6.61 Å². The van der Waals surface area contributed by atoms with Gasteiger partial charge in [0.05, 0.1) is 6.61 Å². The molecule has 1 unspecified atom stereocenters. The molecule has 0 amide bonds. The first-order chi connectivity index (χ1) is 7.18. The number of fused-ring (bicyclic) bond motifs is 1. The maximum atomic E-state index is 10.5. The van der Waals surface area contributed by atoms with E-state index < -0.39 is 12.1 Å². The summed E-state index contributed by atoms with van der Waals surface area (Å²) in [5.74, 6) is -0.455. The highest BCUT2D eigenvalue weighted by Crippen LogP contribution is 2.30. The number of carboxylic acid groups (broad SMARTS) is 1. The molecule has 0 aromatic heterocycles. The van der Waals surface area contributed by atoms with E-state index in [2.05, 4.69) is 0 Å². The van der Waals surface area contributed by atoms with E-state index in [0.29, 0.717) is 6.61 Å². The zero-order valence-electron chi connectivity index (χ0n) is 8.14. The standard InChI is InChI=1S/C11H12O4/c12-9(11(13)14)6-8-3-1-2-7-4-5-15-10(7)8/h1-3,9,12H,4-6H2,(H,13,14). The summed E-state index contributed by atoms with van der Waals surface area (Å²) >= 11 is 0. The number of aliphatic hydroxyl groups excluding tert-OH is 1. The molecule has 1 aromatic carbocycles. The fourth-order valence-corrected chi connectivity index (χ4v) is 1.74. The molecule has 0 spiro atoms. The number of hydrogen-bond donors (Lipinski definition) is 2. The van der Waals surface area contributed by atoms with E-state index in [1.807, 2.05) is 12.1 Å². The highest BCUT2D eigenvalue weighted by Gasteiger charge is 2.20. The van der Waals surface area contributed by atoms with Crippen LogP contribution in [-0.2, 0) is 17.6 Å². The summed E-state index contributed by atoms with van der Waals surface area (Å²) in [6, 6.07) is 5.60. The van der Waals surface area contributed by atoms with Crippen LogP contribution < -0.4 is 4.74 Å². The Morgan fingerprint density at radius 1 is 1.53 bits per heavy atom. The fraction of sp³-hybridized carbons (Fsp3) is 0.364. The van der Waals surface area contributed by atoms with Gasteiger partial charge in [-0.25, -0.2) is 4.79 Å². The summed E-state index contributed by atoms with van der Waals surface area (Å²) in [5, 5.41) is 17.9. The molecule has 0 aliphatic carbocycles. The summed E-state index contributed by atoms with van der Waals surface area (Å²) in [5.41, 5.74) is 1.85. The first kappa shape index (κ1) is 9.98. The van der Waals surface area contributed by atoms with Crippen molar-refractivity contribution in [3.05, 3.63) is 29.3 Å². The third kappa shape index (κ3) is 1.94. The third-order valence-electron chi connectivity index (χ3n) is 2.49. The van der Waals surface area contributed by atoms with Gasteiger partial charge >= 0.3 is 5.97 Å². The van der Waals surface area contributed by atoms with Crippen LogP contribution in [0.2, 0.25) is 0 Å². The van der Waals surface area contributed by atoms with E-state index in [4.69, 9.17) is 9.84 Å². The van der Waals surface area contributed by atoms with Crippen LogP contribution >= 0.6 is 0 Å². The molecule has 0 saturated heterocycles. The van der Waals surface area contributed by atoms with Crippen molar-refractivity contribution in [1.29, 1.82) is 0 Å². The SMILES string of the molecule is O=C(O)C(O)Cc1cccc2c1OCC2. The first-order valence-electron chi connectivity index (χ1n) is 4.83. The molecule has 1 aliphatic rings. The lowest BCUT2D eigenvalue weighted by atomic mass is 10.0. The quantitative estimate of drug-likeness (QED) is 0.763. The minimum Gasteiger partial charge on any atom is -0.493 e. The zero-order valence-corrected chi connectivity index (χ0v) is 8.14. The first-order valence-corrected chi connectivity index (χ1v) is 4.83. The van der Waals surface area contributed by atoms with Gasteiger partial charge in [0.25, 0.3) is 0 Å². The molecule has 1 aliphatic heterocycles. The zero-order chi connectivity index (χ0) is 10.8. The molecular formula is C11H12O4. The lowest BCUT2D eigenvalue weighted by molar-refractivity contribution is -0.146. The Morgan fingerprint density at radius 2 is 2.33 bits per heavy atom. The Kier molecular flexibility index (Phi) is 2.60. The van der Waals surface area contributed by atoms with E-state index in [0.717, 1.165) is 23.3 Å². The molecular weight excluding hydrogens is 196 g/mol. The van der Waals surface area contributed by atoms with E-state index in [1.54, 1.807) is 6.07 Å². The van der Waals surface area contributed by atoms with Crippen LogP contribution in [0.4, 0.5) is 0 Å². The van der Waals surface area contributed by atoms with Crippen LogP contribution in [0, 0.1) is 0 Å². The molecule has 1 aromatic rings. The molecule has 2 rings (SSSR count). The number of benzene rings is 1. The van der Waals surface area contributed by atoms with Gasteiger partial charge in [-0.2, -0.15) is 0 Å². The number of hydrogen-bond acceptors (Lipinski definition) is 3. The van der Waals surface area contributed by atoms with Crippen molar-refractivity contribution in [2.45, 2.75) is 18.9 Å². The molecule has 0 saturated carbocycles. The van der Waals surface area contributed by atoms with Gasteiger partial charge in [0.2, 0.25) is 0 Å². The smallest absolute Gasteiger partial charge is 0.332 e. The molecule has 80 valence electrons. The Morgan fingerprint density at radius 3 is 3.07 bits per heavy atom. The number of para-hydroxylation sites is 1. The number of carbonyl (C=O) groups is 1. The van der Waals surface area contributed by atoms with Gasteiger partial charge in [-0.05, 0) is 11.1 Å². The van der Waals surface area contributed by atoms with Gasteiger partial charge < -0.3 is 14.9 Å². The largest absolute Gasteiger partial charge is 0.493 e. The van der Waals surface area contributed by atoms with Crippen molar-refractivity contribution in [3.8, 4) is 5.75 Å². The Bertz CT molecular complexity index is 386. The van der Waals surface area contributed by atoms with Gasteiger partial charge in [-0.15, -0.1) is 0 Å². The Balaban J connectivity index is 2.22. The van der Waals surface area contributed by atoms with Crippen LogP contribution in [0.3, 0.4) is 0 Å². The molecule has 15 heavy (non-hydrogen) atoms. The van der Waals surface area contributed by atoms with Crippen LogP contribution in [0.25, 0.3) is 0 Å². The predicted octanol–water partition coefficient (Wildman–Crippen LogP) is 0.610. The Hall–Kier alpha value is -1.55. The number of aliphatic carboxylic acids is 1. The van der Waals surface area contributed by atoms with Gasteiger partial charge in [-0.1, -0.05) is 18.2 Å². The summed E-state index contributed by atoms with van der Waals surface area (Å²) < 4.78 is 5.41. The van der Waals surface area contributed by atoms with Crippen molar-refractivity contribution >= 4 is 5.97 Å². The lowest BCUT2D eigenvalue weighted by Gasteiger charge is -2.09. The molecule has 0 fully saturated rings. The van der Waals surface area contributed by atoms with Crippen molar-refractivity contribution in [3.63, 3.8) is 0 Å². The van der Waals surface area contributed by atoms with Crippen LogP contribution in [-0.4, -0.2) is 28.9 Å². The van der Waals surface area contributed by atoms with Crippen molar-refractivity contribution in [2.24, 2.45) is 0 Å². The second kappa shape index (κ2) is 3.90. The Labute approximate surface area is 87.1 Å². The number of aliphatic hydroxyl groups is 1. The van der Waals surface area contributed by atoms with Gasteiger partial charge in [-0.3, -0.25) is 0 Å². The van der Waals surface area contributed by atoms with Crippen molar-refractivity contribution < 1.29 is 19.7 Å². The summed E-state index contributed by atoms with van der Waals surface area (Å²) in [6.45, 7) is 0.634. The molecule has 0 radical (unpaired) electrons. The summed E-state index contributed by atoms with van der Waals surface area (Å²) in [6.07, 6.45) is -0.411. The predicted molar refractivity (Wildman–Crippen MR) is 53.0 cm³/mol. The third-order valence-corrected chi connectivity index (χ3v) is 2.49. The number of carboxylic acids is 1. The average molecular weight is 208 g/mol. The van der Waals surface area contributed by atoms with Crippen LogP contribution in [0.5, 0.6) is 5.75 Å². The van der Waals surface area contributed by atoms with E-state index in [9.17, 15) is 9.90 Å². The van der Waals surface area contributed by atoms with Crippen LogP contribution in [0.15, 0.2) is 18.2 Å². The highest BCUT2D eigenvalue weighted by molar-refractivity contribution is 5.72. The highest BCUT2D eigenvalue weighted by atomic mass is 16.5. The van der Waals surface area contributed by atoms with E-state index in [1.165, 1.54) is 0 Å². The van der Waals surface area contributed by atoms with Crippen molar-refractivity contribution in [1.82, 2.24) is 0 Å². The maximum absolute atomic E-state index is 10.5. The van der Waals surface area contributed by atoms with Gasteiger partial charge in [0, 0.05) is 12.8 Å². The topological polar surface area (TPSA) is 66.8 Å². The summed E-state index contributed by atoms with van der Waals surface area (Å²) in [7, 11) is 0. The number of ether oxygens (including phenoxy) is 1. The lowest BCUT2D eigenvalue weighted by Crippen LogP contribution is -2.22. The van der Waals surface area contributed by atoms with Crippen LogP contribution in [0.1, 0.15) is 11.1 Å². The minimum absolute atomic E-state index is 0.0957. The number of rotatable bonds is 3. The molecule has 1 heterocycles.